The molecule has 1 fully saturated rings. The second-order valence-corrected chi connectivity index (χ2v) is 8.06. The molecule has 2 aromatic carbocycles. The van der Waals surface area contributed by atoms with E-state index < -0.39 is 0 Å². The van der Waals surface area contributed by atoms with Crippen LogP contribution in [0.4, 0.5) is 0 Å². The monoisotopic (exact) mass is 430 g/mol. The summed E-state index contributed by atoms with van der Waals surface area (Å²) in [5, 5.41) is 12.7. The van der Waals surface area contributed by atoms with Gasteiger partial charge < -0.3 is 9.64 Å². The van der Waals surface area contributed by atoms with Crippen molar-refractivity contribution in [1.29, 1.82) is 0 Å². The molecular formula is C24H26N6O2. The number of ether oxygens (including phenoxy) is 1. The maximum absolute atomic E-state index is 11.5. The van der Waals surface area contributed by atoms with Gasteiger partial charge in [0.1, 0.15) is 11.5 Å². The molecule has 1 aliphatic rings. The standard InChI is InChI=1S/C24H26N6O2/c1-18(31)29-13-10-28(11-14-29)12-15-30-17-20-16-22(6-7-24(20)27-30)32-21-4-2-19(3-5-21)23-8-9-25-26-23/h2-9,16-17H,10-15H2,1H3,(H,25,26). The highest BCUT2D eigenvalue weighted by Crippen LogP contribution is 2.27. The molecule has 1 N–H and O–H groups in total. The van der Waals surface area contributed by atoms with Crippen molar-refractivity contribution >= 4 is 16.8 Å². The Labute approximate surface area is 186 Å². The zero-order valence-electron chi connectivity index (χ0n) is 18.1. The quantitative estimate of drug-likeness (QED) is 0.507. The summed E-state index contributed by atoms with van der Waals surface area (Å²) in [6, 6.07) is 15.8. The van der Waals surface area contributed by atoms with Crippen molar-refractivity contribution in [2.24, 2.45) is 0 Å². The van der Waals surface area contributed by atoms with E-state index in [1.807, 2.05) is 58.1 Å². The first kappa shape index (κ1) is 20.3. The number of H-pyrrole nitrogens is 1. The number of rotatable bonds is 6. The van der Waals surface area contributed by atoms with E-state index >= 15 is 0 Å². The zero-order valence-corrected chi connectivity index (χ0v) is 18.1. The molecule has 1 amide bonds. The van der Waals surface area contributed by atoms with E-state index in [9.17, 15) is 4.79 Å². The molecule has 0 aliphatic carbocycles. The molecule has 8 nitrogen and oxygen atoms in total. The number of hydrogen-bond acceptors (Lipinski definition) is 5. The van der Waals surface area contributed by atoms with Gasteiger partial charge in [-0.1, -0.05) is 0 Å². The minimum atomic E-state index is 0.162. The summed E-state index contributed by atoms with van der Waals surface area (Å²) in [7, 11) is 0. The summed E-state index contributed by atoms with van der Waals surface area (Å²) in [5.41, 5.74) is 2.99. The van der Waals surface area contributed by atoms with E-state index in [4.69, 9.17) is 4.74 Å². The van der Waals surface area contributed by atoms with Crippen molar-refractivity contribution in [2.75, 3.05) is 32.7 Å². The molecule has 0 atom stereocenters. The Morgan fingerprint density at radius 2 is 1.78 bits per heavy atom. The fourth-order valence-electron chi connectivity index (χ4n) is 4.02. The highest BCUT2D eigenvalue weighted by molar-refractivity contribution is 5.79. The summed E-state index contributed by atoms with van der Waals surface area (Å²) in [6.07, 6.45) is 3.80. The van der Waals surface area contributed by atoms with E-state index in [1.54, 1.807) is 13.1 Å². The molecule has 0 saturated carbocycles. The van der Waals surface area contributed by atoms with Crippen LogP contribution in [0.5, 0.6) is 11.5 Å². The third kappa shape index (κ3) is 4.50. The Kier molecular flexibility index (Phi) is 5.60. The summed E-state index contributed by atoms with van der Waals surface area (Å²) in [6.45, 7) is 6.82. The van der Waals surface area contributed by atoms with Gasteiger partial charge in [0, 0.05) is 57.4 Å². The Hall–Kier alpha value is -3.65. The van der Waals surface area contributed by atoms with Crippen LogP contribution in [0.25, 0.3) is 22.2 Å². The van der Waals surface area contributed by atoms with Crippen LogP contribution >= 0.6 is 0 Å². The van der Waals surface area contributed by atoms with Gasteiger partial charge in [-0.3, -0.25) is 19.5 Å². The maximum Gasteiger partial charge on any atom is 0.219 e. The number of amides is 1. The van der Waals surface area contributed by atoms with Crippen LogP contribution in [0, 0.1) is 0 Å². The maximum atomic E-state index is 11.5. The first-order chi connectivity index (χ1) is 15.6. The first-order valence-corrected chi connectivity index (χ1v) is 10.9. The van der Waals surface area contributed by atoms with Crippen molar-refractivity contribution in [3.63, 3.8) is 0 Å². The number of carbonyl (C=O) groups is 1. The van der Waals surface area contributed by atoms with E-state index in [0.29, 0.717) is 0 Å². The van der Waals surface area contributed by atoms with Crippen molar-refractivity contribution in [1.82, 2.24) is 29.8 Å². The molecule has 5 rings (SSSR count). The lowest BCUT2D eigenvalue weighted by molar-refractivity contribution is -0.130. The fraction of sp³-hybridized carbons (Fsp3) is 0.292. The number of aromatic nitrogens is 4. The molecule has 1 saturated heterocycles. The lowest BCUT2D eigenvalue weighted by atomic mass is 10.1. The van der Waals surface area contributed by atoms with Gasteiger partial charge >= 0.3 is 0 Å². The highest BCUT2D eigenvalue weighted by Gasteiger charge is 2.18. The Morgan fingerprint density at radius 3 is 2.50 bits per heavy atom. The number of nitrogens with one attached hydrogen (secondary N) is 1. The van der Waals surface area contributed by atoms with Crippen molar-refractivity contribution in [3.8, 4) is 22.8 Å². The Balaban J connectivity index is 1.20. The Bertz CT molecular complexity index is 1190. The Morgan fingerprint density at radius 1 is 1.00 bits per heavy atom. The molecule has 0 spiro atoms. The summed E-state index contributed by atoms with van der Waals surface area (Å²) < 4.78 is 8.04. The normalized spacial score (nSPS) is 14.7. The van der Waals surface area contributed by atoms with Gasteiger partial charge in [-0.2, -0.15) is 10.2 Å². The summed E-state index contributed by atoms with van der Waals surface area (Å²) in [5.74, 6) is 1.73. The van der Waals surface area contributed by atoms with Crippen molar-refractivity contribution in [2.45, 2.75) is 13.5 Å². The average Bonchev–Trinajstić information content (AvgIpc) is 3.48. The van der Waals surface area contributed by atoms with Gasteiger partial charge in [-0.25, -0.2) is 0 Å². The van der Waals surface area contributed by atoms with Gasteiger partial charge in [0.05, 0.1) is 17.8 Å². The van der Waals surface area contributed by atoms with Crippen molar-refractivity contribution in [3.05, 3.63) is 60.9 Å². The lowest BCUT2D eigenvalue weighted by Crippen LogP contribution is -2.48. The molecule has 1 aliphatic heterocycles. The van der Waals surface area contributed by atoms with E-state index in [-0.39, 0.29) is 5.91 Å². The minimum absolute atomic E-state index is 0.162. The lowest BCUT2D eigenvalue weighted by Gasteiger charge is -2.34. The second-order valence-electron chi connectivity index (χ2n) is 8.06. The van der Waals surface area contributed by atoms with Gasteiger partial charge in [0.15, 0.2) is 0 Å². The van der Waals surface area contributed by atoms with E-state index in [2.05, 4.69) is 26.4 Å². The summed E-state index contributed by atoms with van der Waals surface area (Å²) >= 11 is 0. The number of carbonyl (C=O) groups excluding carboxylic acids is 1. The second kappa shape index (κ2) is 8.84. The highest BCUT2D eigenvalue weighted by atomic mass is 16.5. The predicted octanol–water partition coefficient (Wildman–Crippen LogP) is 3.38. The van der Waals surface area contributed by atoms with E-state index in [1.165, 1.54) is 0 Å². The van der Waals surface area contributed by atoms with Crippen LogP contribution < -0.4 is 4.74 Å². The van der Waals surface area contributed by atoms with Gasteiger partial charge in [0.25, 0.3) is 0 Å². The molecule has 32 heavy (non-hydrogen) atoms. The number of nitrogens with zero attached hydrogens (tertiary/aromatic N) is 5. The topological polar surface area (TPSA) is 79.3 Å². The number of piperazine rings is 1. The molecule has 0 unspecified atom stereocenters. The van der Waals surface area contributed by atoms with Gasteiger partial charge in [0.2, 0.25) is 5.91 Å². The van der Waals surface area contributed by atoms with Gasteiger partial charge in [-0.05, 0) is 54.1 Å². The van der Waals surface area contributed by atoms with Crippen LogP contribution in [0.3, 0.4) is 0 Å². The van der Waals surface area contributed by atoms with Crippen LogP contribution in [0.15, 0.2) is 60.9 Å². The van der Waals surface area contributed by atoms with E-state index in [0.717, 1.165) is 72.9 Å². The number of aromatic amines is 1. The molecule has 8 heteroatoms. The molecule has 0 bridgehead atoms. The summed E-state index contributed by atoms with van der Waals surface area (Å²) in [4.78, 5) is 15.8. The molecule has 2 aromatic heterocycles. The number of fused-ring (bicyclic) bond motifs is 1. The van der Waals surface area contributed by atoms with Crippen LogP contribution in [-0.2, 0) is 11.3 Å². The first-order valence-electron chi connectivity index (χ1n) is 10.9. The van der Waals surface area contributed by atoms with Gasteiger partial charge in [-0.15, -0.1) is 0 Å². The molecular weight excluding hydrogens is 404 g/mol. The smallest absolute Gasteiger partial charge is 0.219 e. The largest absolute Gasteiger partial charge is 0.457 e. The fourth-order valence-corrected chi connectivity index (χ4v) is 4.02. The van der Waals surface area contributed by atoms with Crippen LogP contribution in [0.1, 0.15) is 6.92 Å². The molecule has 3 heterocycles. The molecule has 4 aromatic rings. The molecule has 164 valence electrons. The van der Waals surface area contributed by atoms with Crippen molar-refractivity contribution < 1.29 is 9.53 Å². The minimum Gasteiger partial charge on any atom is -0.457 e. The predicted molar refractivity (Wildman–Crippen MR) is 123 cm³/mol. The van der Waals surface area contributed by atoms with Crippen LogP contribution in [-0.4, -0.2) is 68.4 Å². The molecule has 0 radical (unpaired) electrons. The zero-order chi connectivity index (χ0) is 21.9. The average molecular weight is 431 g/mol. The SMILES string of the molecule is CC(=O)N1CCN(CCn2cc3cc(Oc4ccc(-c5ccn[nH]5)cc4)ccc3n2)CC1. The third-order valence-corrected chi connectivity index (χ3v) is 5.89. The van der Waals surface area contributed by atoms with Crippen LogP contribution in [0.2, 0.25) is 0 Å². The number of benzene rings is 2. The number of hydrogen-bond donors (Lipinski definition) is 1. The third-order valence-electron chi connectivity index (χ3n) is 5.89.